The molecule has 0 saturated carbocycles. The molecular weight excluding hydrogens is 320 g/mol. The number of carbonyl (C=O) groups excluding carboxylic acids is 1. The highest BCUT2D eigenvalue weighted by atomic mass is 16.2. The van der Waals surface area contributed by atoms with E-state index < -0.39 is 0 Å². The number of amides is 1. The van der Waals surface area contributed by atoms with Crippen molar-refractivity contribution in [2.75, 3.05) is 6.54 Å². The zero-order valence-corrected chi connectivity index (χ0v) is 15.4. The fraction of sp³-hybridized carbons (Fsp3) is 0.304. The van der Waals surface area contributed by atoms with Gasteiger partial charge in [-0.05, 0) is 45.2 Å². The van der Waals surface area contributed by atoms with Crippen LogP contribution in [0.5, 0.6) is 0 Å². The van der Waals surface area contributed by atoms with Crippen molar-refractivity contribution in [3.05, 3.63) is 65.7 Å². The minimum atomic E-state index is 0.129. The molecule has 3 nitrogen and oxygen atoms in total. The lowest BCUT2D eigenvalue weighted by atomic mass is 9.99. The number of pyridine rings is 1. The first kappa shape index (κ1) is 16.8. The summed E-state index contributed by atoms with van der Waals surface area (Å²) >= 11 is 0. The van der Waals surface area contributed by atoms with E-state index in [4.69, 9.17) is 4.98 Å². The van der Waals surface area contributed by atoms with E-state index in [9.17, 15) is 4.79 Å². The Kier molecular flexibility index (Phi) is 4.46. The molecule has 3 aromatic rings. The molecule has 1 atom stereocenters. The van der Waals surface area contributed by atoms with Gasteiger partial charge in [0.15, 0.2) is 0 Å². The number of para-hydroxylation sites is 1. The first-order chi connectivity index (χ1) is 12.6. The molecule has 0 unspecified atom stereocenters. The van der Waals surface area contributed by atoms with Gasteiger partial charge in [-0.15, -0.1) is 0 Å². The highest BCUT2D eigenvalue weighted by molar-refractivity contribution is 6.07. The van der Waals surface area contributed by atoms with Gasteiger partial charge in [0, 0.05) is 23.5 Å². The number of rotatable bonds is 2. The van der Waals surface area contributed by atoms with Gasteiger partial charge in [0.2, 0.25) is 0 Å². The molecule has 1 saturated heterocycles. The van der Waals surface area contributed by atoms with Gasteiger partial charge in [0.1, 0.15) is 0 Å². The van der Waals surface area contributed by atoms with Crippen LogP contribution >= 0.6 is 0 Å². The number of piperidine rings is 1. The molecule has 26 heavy (non-hydrogen) atoms. The molecule has 1 aromatic heterocycles. The summed E-state index contributed by atoms with van der Waals surface area (Å²) in [4.78, 5) is 20.2. The number of hydrogen-bond acceptors (Lipinski definition) is 2. The highest BCUT2D eigenvalue weighted by Crippen LogP contribution is 2.28. The predicted molar refractivity (Wildman–Crippen MR) is 106 cm³/mol. The molecule has 132 valence electrons. The van der Waals surface area contributed by atoms with E-state index in [2.05, 4.69) is 38.1 Å². The van der Waals surface area contributed by atoms with Crippen LogP contribution in [0.3, 0.4) is 0 Å². The van der Waals surface area contributed by atoms with Crippen LogP contribution in [0.2, 0.25) is 0 Å². The third-order valence-electron chi connectivity index (χ3n) is 5.36. The molecule has 1 aliphatic rings. The lowest BCUT2D eigenvalue weighted by Crippen LogP contribution is -2.42. The molecule has 1 amide bonds. The van der Waals surface area contributed by atoms with Crippen molar-refractivity contribution in [1.82, 2.24) is 9.88 Å². The molecule has 4 rings (SSSR count). The first-order valence-corrected chi connectivity index (χ1v) is 9.41. The average Bonchev–Trinajstić information content (AvgIpc) is 2.67. The minimum Gasteiger partial charge on any atom is -0.336 e. The highest BCUT2D eigenvalue weighted by Gasteiger charge is 2.26. The number of hydrogen-bond donors (Lipinski definition) is 0. The molecule has 1 aliphatic heterocycles. The predicted octanol–water partition coefficient (Wildman–Crippen LogP) is 5.22. The van der Waals surface area contributed by atoms with E-state index in [0.717, 1.165) is 47.1 Å². The second-order valence-corrected chi connectivity index (χ2v) is 7.28. The van der Waals surface area contributed by atoms with E-state index in [1.165, 1.54) is 12.0 Å². The number of aromatic nitrogens is 1. The number of aryl methyl sites for hydroxylation is 1. The zero-order valence-electron chi connectivity index (χ0n) is 15.4. The van der Waals surface area contributed by atoms with E-state index in [-0.39, 0.29) is 5.91 Å². The smallest absolute Gasteiger partial charge is 0.254 e. The maximum atomic E-state index is 13.4. The van der Waals surface area contributed by atoms with Crippen LogP contribution in [0, 0.1) is 6.92 Å². The summed E-state index contributed by atoms with van der Waals surface area (Å²) in [6.07, 6.45) is 3.38. The SMILES string of the molecule is Cc1ccc(-c2cc(C(=O)N3CCCC[C@H]3C)c3ccccc3n2)cc1. The topological polar surface area (TPSA) is 33.2 Å². The van der Waals surface area contributed by atoms with Gasteiger partial charge in [0.25, 0.3) is 5.91 Å². The van der Waals surface area contributed by atoms with Gasteiger partial charge >= 0.3 is 0 Å². The normalized spacial score (nSPS) is 17.5. The molecule has 3 heteroatoms. The third kappa shape index (κ3) is 3.10. The minimum absolute atomic E-state index is 0.129. The molecule has 1 fully saturated rings. The van der Waals surface area contributed by atoms with E-state index in [0.29, 0.717) is 6.04 Å². The summed E-state index contributed by atoms with van der Waals surface area (Å²) in [5.41, 5.74) is 4.75. The van der Waals surface area contributed by atoms with Gasteiger partial charge in [-0.1, -0.05) is 48.0 Å². The Morgan fingerprint density at radius 2 is 1.85 bits per heavy atom. The molecule has 2 aromatic carbocycles. The Labute approximate surface area is 154 Å². The maximum Gasteiger partial charge on any atom is 0.254 e. The fourth-order valence-corrected chi connectivity index (χ4v) is 3.78. The Bertz CT molecular complexity index is 946. The van der Waals surface area contributed by atoms with Crippen molar-refractivity contribution in [3.8, 4) is 11.3 Å². The molecule has 0 bridgehead atoms. The lowest BCUT2D eigenvalue weighted by molar-refractivity contribution is 0.0637. The van der Waals surface area contributed by atoms with Crippen LogP contribution in [0.15, 0.2) is 54.6 Å². The lowest BCUT2D eigenvalue weighted by Gasteiger charge is -2.33. The maximum absolute atomic E-state index is 13.4. The zero-order chi connectivity index (χ0) is 18.1. The van der Waals surface area contributed by atoms with Gasteiger partial charge in [0.05, 0.1) is 16.8 Å². The summed E-state index contributed by atoms with van der Waals surface area (Å²) in [5.74, 6) is 0.129. The monoisotopic (exact) mass is 344 g/mol. The standard InChI is InChI=1S/C23H24N2O/c1-16-10-12-18(13-11-16)22-15-20(19-8-3-4-9-21(19)24-22)23(26)25-14-6-5-7-17(25)2/h3-4,8-13,15,17H,5-7,14H2,1-2H3/t17-/m1/s1. The van der Waals surface area contributed by atoms with E-state index in [1.807, 2.05) is 35.2 Å². The van der Waals surface area contributed by atoms with Crippen LogP contribution in [-0.4, -0.2) is 28.4 Å². The Balaban J connectivity index is 1.84. The summed E-state index contributed by atoms with van der Waals surface area (Å²) in [7, 11) is 0. The van der Waals surface area contributed by atoms with Crippen molar-refractivity contribution < 1.29 is 4.79 Å². The van der Waals surface area contributed by atoms with Crippen LogP contribution in [0.25, 0.3) is 22.2 Å². The summed E-state index contributed by atoms with van der Waals surface area (Å²) in [6, 6.07) is 18.5. The summed E-state index contributed by atoms with van der Waals surface area (Å²) in [6.45, 7) is 5.07. The van der Waals surface area contributed by atoms with Gasteiger partial charge < -0.3 is 4.90 Å². The Hall–Kier alpha value is -2.68. The second kappa shape index (κ2) is 6.91. The number of fused-ring (bicyclic) bond motifs is 1. The van der Waals surface area contributed by atoms with Crippen molar-refractivity contribution in [1.29, 1.82) is 0 Å². The van der Waals surface area contributed by atoms with Crippen molar-refractivity contribution >= 4 is 16.8 Å². The van der Waals surface area contributed by atoms with Gasteiger partial charge in [-0.2, -0.15) is 0 Å². The largest absolute Gasteiger partial charge is 0.336 e. The Morgan fingerprint density at radius 3 is 2.62 bits per heavy atom. The first-order valence-electron chi connectivity index (χ1n) is 9.41. The van der Waals surface area contributed by atoms with Crippen LogP contribution in [0.1, 0.15) is 42.1 Å². The molecule has 0 N–H and O–H groups in total. The van der Waals surface area contributed by atoms with Crippen LogP contribution < -0.4 is 0 Å². The van der Waals surface area contributed by atoms with E-state index in [1.54, 1.807) is 0 Å². The van der Waals surface area contributed by atoms with Crippen LogP contribution in [-0.2, 0) is 0 Å². The summed E-state index contributed by atoms with van der Waals surface area (Å²) in [5, 5.41) is 0.936. The van der Waals surface area contributed by atoms with Crippen molar-refractivity contribution in [2.45, 2.75) is 39.2 Å². The number of nitrogens with zero attached hydrogens (tertiary/aromatic N) is 2. The summed E-state index contributed by atoms with van der Waals surface area (Å²) < 4.78 is 0. The number of benzene rings is 2. The van der Waals surface area contributed by atoms with Gasteiger partial charge in [-0.25, -0.2) is 4.98 Å². The fourth-order valence-electron chi connectivity index (χ4n) is 3.78. The van der Waals surface area contributed by atoms with E-state index >= 15 is 0 Å². The van der Waals surface area contributed by atoms with Gasteiger partial charge in [-0.3, -0.25) is 4.79 Å². The average molecular weight is 344 g/mol. The van der Waals surface area contributed by atoms with Crippen molar-refractivity contribution in [2.24, 2.45) is 0 Å². The molecular formula is C23H24N2O. The number of carbonyl (C=O) groups is 1. The third-order valence-corrected chi connectivity index (χ3v) is 5.36. The second-order valence-electron chi connectivity index (χ2n) is 7.28. The molecule has 2 heterocycles. The van der Waals surface area contributed by atoms with Crippen LogP contribution in [0.4, 0.5) is 0 Å². The Morgan fingerprint density at radius 1 is 1.08 bits per heavy atom. The molecule has 0 aliphatic carbocycles. The van der Waals surface area contributed by atoms with Crippen molar-refractivity contribution in [3.63, 3.8) is 0 Å². The number of likely N-dealkylation sites (tertiary alicyclic amines) is 1. The quantitative estimate of drug-likeness (QED) is 0.638. The molecule has 0 spiro atoms. The molecule has 0 radical (unpaired) electrons.